The van der Waals surface area contributed by atoms with Gasteiger partial charge in [-0.3, -0.25) is 0 Å². The Bertz CT molecular complexity index is 3450. The summed E-state index contributed by atoms with van der Waals surface area (Å²) in [6, 6.07) is 56.2. The van der Waals surface area contributed by atoms with Crippen LogP contribution in [0.1, 0.15) is 132 Å². The van der Waals surface area contributed by atoms with E-state index in [9.17, 15) is 5.11 Å². The molecule has 0 aliphatic carbocycles. The number of para-hydroxylation sites is 1. The van der Waals surface area contributed by atoms with E-state index in [0.717, 1.165) is 71.0 Å². The fourth-order valence-electron chi connectivity index (χ4n) is 9.42. The van der Waals surface area contributed by atoms with E-state index in [1.807, 2.05) is 6.20 Å². The topological polar surface area (TPSA) is 62.1 Å². The zero-order valence-corrected chi connectivity index (χ0v) is 49.0. The van der Waals surface area contributed by atoms with Gasteiger partial charge < -0.3 is 10.0 Å². The molecule has 0 atom stereocenters. The molecule has 9 rings (SSSR count). The first-order chi connectivity index (χ1) is 34.2. The summed E-state index contributed by atoms with van der Waals surface area (Å²) in [5.74, 6) is 0.924. The molecule has 0 spiro atoms. The predicted molar refractivity (Wildman–Crippen MR) is 311 cm³/mol. The molecule has 6 aromatic carbocycles. The normalized spacial score (nSPS) is 12.5. The van der Waals surface area contributed by atoms with Crippen molar-refractivity contribution in [3.05, 3.63) is 186 Å². The van der Waals surface area contributed by atoms with Crippen molar-refractivity contribution in [3.63, 3.8) is 0 Å². The molecular formula is C67H71N4OPtS-. The van der Waals surface area contributed by atoms with E-state index in [4.69, 9.17) is 10.1 Å². The second-order valence-corrected chi connectivity index (χ2v) is 26.0. The van der Waals surface area contributed by atoms with Crippen molar-refractivity contribution in [1.82, 2.24) is 15.2 Å². The van der Waals surface area contributed by atoms with Gasteiger partial charge in [-0.2, -0.15) is 5.10 Å². The molecule has 1 N–H and O–H groups in total. The van der Waals surface area contributed by atoms with Crippen LogP contribution in [0.4, 0.5) is 17.2 Å². The fraction of sp³-hybridized carbons (Fsp3) is 0.299. The zero-order chi connectivity index (χ0) is 52.4. The predicted octanol–water partition coefficient (Wildman–Crippen LogP) is 18.9. The molecule has 0 bridgehead atoms. The van der Waals surface area contributed by atoms with E-state index < -0.39 is 0 Å². The second kappa shape index (κ2) is 20.2. The van der Waals surface area contributed by atoms with E-state index in [1.165, 1.54) is 22.3 Å². The van der Waals surface area contributed by atoms with Crippen LogP contribution in [0.15, 0.2) is 152 Å². The van der Waals surface area contributed by atoms with Crippen molar-refractivity contribution in [3.8, 4) is 61.0 Å². The molecule has 3 heterocycles. The molecule has 0 amide bonds. The molecule has 0 fully saturated rings. The Morgan fingerprint density at radius 1 is 0.500 bits per heavy atom. The number of aromatic nitrogens is 3. The molecule has 0 unspecified atom stereocenters. The van der Waals surface area contributed by atoms with Crippen LogP contribution in [0.25, 0.3) is 65.3 Å². The minimum absolute atomic E-state index is 0. The molecule has 382 valence electrons. The molecular weight excluding hydrogens is 1100 g/mol. The smallest absolute Gasteiger partial charge is 0.137 e. The molecule has 0 saturated carbocycles. The van der Waals surface area contributed by atoms with Crippen LogP contribution in [-0.4, -0.2) is 20.3 Å². The Hall–Kier alpha value is -6.20. The second-order valence-electron chi connectivity index (χ2n) is 24.9. The number of phenolic OH excluding ortho intramolecular Hbond substituents is 1. The van der Waals surface area contributed by atoms with Gasteiger partial charge in [0.25, 0.3) is 0 Å². The number of anilines is 3. The minimum Gasteiger partial charge on any atom is -0.507 e. The van der Waals surface area contributed by atoms with E-state index in [-0.39, 0.29) is 53.9 Å². The monoisotopic (exact) mass is 1170 g/mol. The van der Waals surface area contributed by atoms with Crippen molar-refractivity contribution < 1.29 is 26.2 Å². The summed E-state index contributed by atoms with van der Waals surface area (Å²) in [5.41, 5.74) is 15.1. The standard InChI is InChI=1S/C67H71N4OS.Pt/c1-63(2,3)47-30-28-43(29-31-47)58-40-54-59(73-58)41-68-70-61(54)44-24-21-25-51(34-44)71(57-27-20-19-26-52(57)42-22-17-16-18-23-42)60-36-46(45-32-48(64(4,5)6)37-49(33-45)65(7,8)9)35-56(69-60)53-38-50(66(10,11)12)39-55(62(53)72)67(13,14)15;/h16-33,35-41,72H,1-15H3;/q-1;. The number of benzene rings is 6. The van der Waals surface area contributed by atoms with Gasteiger partial charge in [-0.05, 0) is 113 Å². The van der Waals surface area contributed by atoms with Crippen molar-refractivity contribution in [1.29, 1.82) is 0 Å². The average Bonchev–Trinajstić information content (AvgIpc) is 3.78. The number of aromatic hydroxyl groups is 1. The first-order valence-corrected chi connectivity index (χ1v) is 26.5. The quantitative estimate of drug-likeness (QED) is 0.154. The summed E-state index contributed by atoms with van der Waals surface area (Å²) in [5, 5.41) is 23.0. The molecule has 0 aliphatic heterocycles. The van der Waals surface area contributed by atoms with E-state index in [2.05, 4.69) is 266 Å². The summed E-state index contributed by atoms with van der Waals surface area (Å²) in [6.07, 6.45) is 1.87. The first-order valence-electron chi connectivity index (χ1n) is 25.6. The molecule has 3 aromatic heterocycles. The number of nitrogens with zero attached hydrogens (tertiary/aromatic N) is 4. The number of hydrogen-bond acceptors (Lipinski definition) is 6. The molecule has 9 aromatic rings. The van der Waals surface area contributed by atoms with E-state index >= 15 is 0 Å². The van der Waals surface area contributed by atoms with Crippen LogP contribution in [0.5, 0.6) is 5.75 Å². The van der Waals surface area contributed by atoms with E-state index in [1.54, 1.807) is 11.3 Å². The maximum atomic E-state index is 12.6. The molecule has 0 saturated heterocycles. The Labute approximate surface area is 459 Å². The van der Waals surface area contributed by atoms with Gasteiger partial charge in [0.05, 0.1) is 17.6 Å². The van der Waals surface area contributed by atoms with Crippen LogP contribution >= 0.6 is 11.3 Å². The maximum Gasteiger partial charge on any atom is 0.137 e. The maximum absolute atomic E-state index is 12.6. The Balaban J connectivity index is 0.00000729. The largest absolute Gasteiger partial charge is 0.507 e. The Morgan fingerprint density at radius 3 is 1.72 bits per heavy atom. The summed E-state index contributed by atoms with van der Waals surface area (Å²) < 4.78 is 1.06. The average molecular weight is 1180 g/mol. The summed E-state index contributed by atoms with van der Waals surface area (Å²) in [6.45, 7) is 33.6. The third-order valence-electron chi connectivity index (χ3n) is 14.0. The summed E-state index contributed by atoms with van der Waals surface area (Å²) in [7, 11) is 0. The zero-order valence-electron chi connectivity index (χ0n) is 45.9. The van der Waals surface area contributed by atoms with Crippen LogP contribution in [0.2, 0.25) is 0 Å². The fourth-order valence-corrected chi connectivity index (χ4v) is 10.5. The number of phenols is 1. The number of pyridine rings is 1. The van der Waals surface area contributed by atoms with Gasteiger partial charge in [0.1, 0.15) is 11.6 Å². The van der Waals surface area contributed by atoms with Crippen molar-refractivity contribution >= 4 is 38.6 Å². The van der Waals surface area contributed by atoms with Crippen molar-refractivity contribution in [2.75, 3.05) is 4.90 Å². The van der Waals surface area contributed by atoms with E-state index in [0.29, 0.717) is 17.1 Å². The number of fused-ring (bicyclic) bond motifs is 1. The molecule has 5 nitrogen and oxygen atoms in total. The van der Waals surface area contributed by atoms with Crippen LogP contribution in [0.3, 0.4) is 0 Å². The minimum atomic E-state index is -0.342. The van der Waals surface area contributed by atoms with Gasteiger partial charge in [0, 0.05) is 53.0 Å². The number of thiophene rings is 1. The van der Waals surface area contributed by atoms with Crippen molar-refractivity contribution in [2.24, 2.45) is 0 Å². The van der Waals surface area contributed by atoms with Crippen LogP contribution in [-0.2, 0) is 48.1 Å². The van der Waals surface area contributed by atoms with Gasteiger partial charge in [-0.25, -0.2) is 10.1 Å². The summed E-state index contributed by atoms with van der Waals surface area (Å²) >= 11 is 1.73. The molecule has 74 heavy (non-hydrogen) atoms. The summed E-state index contributed by atoms with van der Waals surface area (Å²) in [4.78, 5) is 9.09. The number of rotatable bonds is 8. The van der Waals surface area contributed by atoms with Crippen molar-refractivity contribution in [2.45, 2.75) is 131 Å². The van der Waals surface area contributed by atoms with Gasteiger partial charge in [0.2, 0.25) is 0 Å². The van der Waals surface area contributed by atoms with Gasteiger partial charge >= 0.3 is 0 Å². The molecule has 7 heteroatoms. The van der Waals surface area contributed by atoms with Gasteiger partial charge in [0.15, 0.2) is 0 Å². The third-order valence-corrected chi connectivity index (χ3v) is 15.1. The van der Waals surface area contributed by atoms with Crippen LogP contribution < -0.4 is 4.90 Å². The molecule has 0 aliphatic rings. The Morgan fingerprint density at radius 2 is 1.09 bits per heavy atom. The first kappa shape index (κ1) is 54.1. The number of hydrogen-bond donors (Lipinski definition) is 1. The van der Waals surface area contributed by atoms with Gasteiger partial charge in [-0.15, -0.1) is 41.2 Å². The SMILES string of the molecule is CC(C)(C)c1ccc(-c2cc3c(-c4[c-]c(N(c5cc(-c6cc(C(C)(C)C)cc(C(C)(C)C)c6)cc(-c6cc(C(C)(C)C)cc(C(C)(C)C)c6O)n5)c5ccccc5-c5ccccc5)ccc4)nncc3s2)cc1.[Pt]. The Kier molecular flexibility index (Phi) is 14.7. The third kappa shape index (κ3) is 11.2. The van der Waals surface area contributed by atoms with Gasteiger partial charge in [-0.1, -0.05) is 201 Å². The molecule has 0 radical (unpaired) electrons. The van der Waals surface area contributed by atoms with Crippen LogP contribution in [0, 0.1) is 6.07 Å².